The lowest BCUT2D eigenvalue weighted by Crippen LogP contribution is -2.17. The van der Waals surface area contributed by atoms with E-state index in [0.717, 1.165) is 5.56 Å². The molecule has 0 radical (unpaired) electrons. The Morgan fingerprint density at radius 2 is 2.05 bits per heavy atom. The summed E-state index contributed by atoms with van der Waals surface area (Å²) in [5.74, 6) is -0.289. The second-order valence-electron chi connectivity index (χ2n) is 4.35. The summed E-state index contributed by atoms with van der Waals surface area (Å²) in [5, 5.41) is 1.54. The van der Waals surface area contributed by atoms with Gasteiger partial charge < -0.3 is 9.72 Å². The van der Waals surface area contributed by atoms with Gasteiger partial charge >= 0.3 is 6.36 Å². The van der Waals surface area contributed by atoms with Crippen LogP contribution in [0.5, 0.6) is 5.75 Å². The zero-order chi connectivity index (χ0) is 14.5. The average molecular weight is 301 g/mol. The number of pyridine rings is 1. The molecule has 0 aliphatic rings. The summed E-state index contributed by atoms with van der Waals surface area (Å²) in [6.07, 6.45) is -2.99. The first kappa shape index (κ1) is 13.1. The second kappa shape index (κ2) is 4.28. The number of fused-ring (bicyclic) bond motifs is 3. The minimum atomic E-state index is -4.72. The molecule has 1 aromatic carbocycles. The van der Waals surface area contributed by atoms with Gasteiger partial charge in [0.2, 0.25) is 0 Å². The molecular weight excluding hydrogens is 293 g/mol. The van der Waals surface area contributed by atoms with Gasteiger partial charge in [-0.2, -0.15) is 0 Å². The molecule has 7 heteroatoms. The van der Waals surface area contributed by atoms with Crippen LogP contribution in [0.1, 0.15) is 5.56 Å². The van der Waals surface area contributed by atoms with Crippen LogP contribution in [0.25, 0.3) is 21.8 Å². The van der Waals surface area contributed by atoms with E-state index in [0.29, 0.717) is 27.0 Å². The molecule has 104 valence electrons. The molecule has 1 N–H and O–H groups in total. The Bertz CT molecular complexity index is 811. The van der Waals surface area contributed by atoms with Crippen LogP contribution in [0, 0.1) is 6.92 Å². The number of benzene rings is 1. The van der Waals surface area contributed by atoms with Crippen molar-refractivity contribution in [3.8, 4) is 5.75 Å². The maximum Gasteiger partial charge on any atom is 0.573 e. The van der Waals surface area contributed by atoms with E-state index in [1.807, 2.05) is 6.92 Å². The normalized spacial score (nSPS) is 12.2. The third kappa shape index (κ3) is 2.16. The molecule has 3 rings (SSSR count). The lowest BCUT2D eigenvalue weighted by atomic mass is 10.1. The van der Waals surface area contributed by atoms with Crippen molar-refractivity contribution in [1.29, 1.82) is 0 Å². The minimum absolute atomic E-state index is 0.289. The summed E-state index contributed by atoms with van der Waals surface area (Å²) >= 11 is 6.09. The SMILES string of the molecule is Cc1c[nH]c2c1c(Cl)nc1ccc(OC(F)(F)F)cc12. The van der Waals surface area contributed by atoms with Gasteiger partial charge in [0.15, 0.2) is 0 Å². The predicted octanol–water partition coefficient (Wildman–Crippen LogP) is 4.58. The Labute approximate surface area is 116 Å². The molecule has 0 saturated carbocycles. The number of nitrogens with one attached hydrogen (secondary N) is 1. The highest BCUT2D eigenvalue weighted by molar-refractivity contribution is 6.36. The number of H-pyrrole nitrogens is 1. The average Bonchev–Trinajstić information content (AvgIpc) is 2.71. The van der Waals surface area contributed by atoms with Crippen molar-refractivity contribution in [2.24, 2.45) is 0 Å². The number of rotatable bonds is 1. The number of alkyl halides is 3. The highest BCUT2D eigenvalue weighted by Gasteiger charge is 2.31. The van der Waals surface area contributed by atoms with Gasteiger partial charge in [0.05, 0.1) is 11.0 Å². The number of nitrogens with zero attached hydrogens (tertiary/aromatic N) is 1. The van der Waals surface area contributed by atoms with Gasteiger partial charge in [-0.15, -0.1) is 13.2 Å². The van der Waals surface area contributed by atoms with Gasteiger partial charge in [-0.05, 0) is 30.7 Å². The number of ether oxygens (including phenoxy) is 1. The Morgan fingerprint density at radius 3 is 2.75 bits per heavy atom. The molecule has 2 heterocycles. The summed E-state index contributed by atoms with van der Waals surface area (Å²) in [4.78, 5) is 7.18. The van der Waals surface area contributed by atoms with Crippen LogP contribution in [-0.2, 0) is 0 Å². The van der Waals surface area contributed by atoms with Crippen LogP contribution in [0.3, 0.4) is 0 Å². The number of hydrogen-bond acceptors (Lipinski definition) is 2. The third-order valence-corrected chi connectivity index (χ3v) is 3.25. The highest BCUT2D eigenvalue weighted by Crippen LogP contribution is 2.33. The maximum atomic E-state index is 12.3. The molecule has 0 atom stereocenters. The molecule has 0 saturated heterocycles. The monoisotopic (exact) mass is 300 g/mol. The Morgan fingerprint density at radius 1 is 1.30 bits per heavy atom. The van der Waals surface area contributed by atoms with Gasteiger partial charge in [-0.3, -0.25) is 0 Å². The van der Waals surface area contributed by atoms with E-state index < -0.39 is 6.36 Å². The summed E-state index contributed by atoms with van der Waals surface area (Å²) in [5.41, 5.74) is 2.02. The van der Waals surface area contributed by atoms with Crippen molar-refractivity contribution >= 4 is 33.4 Å². The zero-order valence-corrected chi connectivity index (χ0v) is 10.9. The molecule has 0 bridgehead atoms. The molecule has 3 nitrogen and oxygen atoms in total. The van der Waals surface area contributed by atoms with E-state index in [4.69, 9.17) is 11.6 Å². The molecule has 0 spiro atoms. The predicted molar refractivity (Wildman–Crippen MR) is 70.0 cm³/mol. The smallest absolute Gasteiger partial charge is 0.406 e. The first-order chi connectivity index (χ1) is 9.35. The van der Waals surface area contributed by atoms with E-state index in [9.17, 15) is 13.2 Å². The first-order valence-electron chi connectivity index (χ1n) is 5.68. The van der Waals surface area contributed by atoms with Crippen LogP contribution in [0.4, 0.5) is 13.2 Å². The van der Waals surface area contributed by atoms with E-state index >= 15 is 0 Å². The summed E-state index contributed by atoms with van der Waals surface area (Å²) < 4.78 is 40.7. The molecule has 0 aliphatic heterocycles. The van der Waals surface area contributed by atoms with Gasteiger partial charge in [0.25, 0.3) is 0 Å². The minimum Gasteiger partial charge on any atom is -0.406 e. The Hall–Kier alpha value is -1.95. The molecule has 0 unspecified atom stereocenters. The fraction of sp³-hybridized carbons (Fsp3) is 0.154. The van der Waals surface area contributed by atoms with Crippen molar-refractivity contribution in [3.63, 3.8) is 0 Å². The summed E-state index contributed by atoms with van der Waals surface area (Å²) in [7, 11) is 0. The summed E-state index contributed by atoms with van der Waals surface area (Å²) in [6, 6.07) is 3.95. The van der Waals surface area contributed by atoms with Crippen LogP contribution in [0.2, 0.25) is 5.15 Å². The lowest BCUT2D eigenvalue weighted by molar-refractivity contribution is -0.274. The summed E-state index contributed by atoms with van der Waals surface area (Å²) in [6.45, 7) is 1.84. The van der Waals surface area contributed by atoms with Crippen LogP contribution >= 0.6 is 11.6 Å². The third-order valence-electron chi connectivity index (χ3n) is 2.97. The molecular formula is C13H8ClF3N2O. The molecule has 3 aromatic rings. The maximum absolute atomic E-state index is 12.3. The molecule has 0 fully saturated rings. The van der Waals surface area contributed by atoms with E-state index in [2.05, 4.69) is 14.7 Å². The van der Waals surface area contributed by atoms with Crippen molar-refractivity contribution in [2.75, 3.05) is 0 Å². The van der Waals surface area contributed by atoms with Crippen molar-refractivity contribution in [2.45, 2.75) is 13.3 Å². The molecule has 20 heavy (non-hydrogen) atoms. The van der Waals surface area contributed by atoms with Gasteiger partial charge in [0, 0.05) is 17.0 Å². The molecule has 2 aromatic heterocycles. The number of aryl methyl sites for hydroxylation is 1. The Balaban J connectivity index is 2.27. The Kier molecular flexibility index (Phi) is 2.79. The standard InChI is InChI=1S/C13H8ClF3N2O/c1-6-5-18-11-8-4-7(20-13(15,16)17)2-3-9(8)19-12(14)10(6)11/h2-5,18H,1H3. The van der Waals surface area contributed by atoms with Gasteiger partial charge in [0.1, 0.15) is 10.9 Å². The fourth-order valence-corrected chi connectivity index (χ4v) is 2.51. The van der Waals surface area contributed by atoms with Crippen molar-refractivity contribution < 1.29 is 17.9 Å². The number of aromatic nitrogens is 2. The van der Waals surface area contributed by atoms with E-state index in [1.54, 1.807) is 6.20 Å². The zero-order valence-electron chi connectivity index (χ0n) is 10.2. The quantitative estimate of drug-likeness (QED) is 0.668. The van der Waals surface area contributed by atoms with E-state index in [-0.39, 0.29) is 5.75 Å². The van der Waals surface area contributed by atoms with Crippen LogP contribution in [0.15, 0.2) is 24.4 Å². The molecule has 0 amide bonds. The number of halogens is 4. The fourth-order valence-electron chi connectivity index (χ4n) is 2.17. The number of aromatic amines is 1. The second-order valence-corrected chi connectivity index (χ2v) is 4.71. The van der Waals surface area contributed by atoms with Crippen LogP contribution < -0.4 is 4.74 Å². The lowest BCUT2D eigenvalue weighted by Gasteiger charge is -2.10. The largest absolute Gasteiger partial charge is 0.573 e. The van der Waals surface area contributed by atoms with Gasteiger partial charge in [-0.25, -0.2) is 4.98 Å². The first-order valence-corrected chi connectivity index (χ1v) is 6.05. The van der Waals surface area contributed by atoms with E-state index in [1.165, 1.54) is 18.2 Å². The highest BCUT2D eigenvalue weighted by atomic mass is 35.5. The van der Waals surface area contributed by atoms with Gasteiger partial charge in [-0.1, -0.05) is 11.6 Å². The molecule has 0 aliphatic carbocycles. The van der Waals surface area contributed by atoms with Crippen molar-refractivity contribution in [3.05, 3.63) is 35.1 Å². The van der Waals surface area contributed by atoms with Crippen molar-refractivity contribution in [1.82, 2.24) is 9.97 Å². The topological polar surface area (TPSA) is 37.9 Å². The number of hydrogen-bond donors (Lipinski definition) is 1. The van der Waals surface area contributed by atoms with Crippen LogP contribution in [-0.4, -0.2) is 16.3 Å².